The van der Waals surface area contributed by atoms with Crippen molar-refractivity contribution in [3.05, 3.63) is 98.9 Å². The van der Waals surface area contributed by atoms with Crippen molar-refractivity contribution in [1.82, 2.24) is 0 Å². The van der Waals surface area contributed by atoms with Gasteiger partial charge in [0, 0.05) is 26.2 Å². The predicted molar refractivity (Wildman–Crippen MR) is 125 cm³/mol. The summed E-state index contributed by atoms with van der Waals surface area (Å²) < 4.78 is 2.19. The molecule has 1 nitrogen and oxygen atoms in total. The maximum Gasteiger partial charge on any atom is 0.146 e. The van der Waals surface area contributed by atoms with Gasteiger partial charge in [0.25, 0.3) is 0 Å². The van der Waals surface area contributed by atoms with Gasteiger partial charge in [-0.25, -0.2) is 0 Å². The molecule has 1 N–H and O–H groups in total. The number of hydrogen-bond acceptors (Lipinski definition) is 1. The molecule has 136 valence electrons. The fourth-order valence-corrected chi connectivity index (χ4v) is 6.30. The first-order chi connectivity index (χ1) is 13.0. The average Bonchev–Trinajstić information content (AvgIpc) is 2.66. The molecule has 0 bridgehead atoms. The average molecular weight is 499 g/mol. The van der Waals surface area contributed by atoms with E-state index in [2.05, 4.69) is 110 Å². The number of benzene rings is 3. The minimum Gasteiger partial charge on any atom is -0.315 e. The van der Waals surface area contributed by atoms with Gasteiger partial charge >= 0.3 is 0 Å². The number of nitrogens with one attached hydrogen (secondary N) is 1. The molecular weight excluding hydrogens is 478 g/mol. The molecule has 0 spiro atoms. The Hall–Kier alpha value is -1.80. The molecule has 0 unspecified atom stereocenters. The lowest BCUT2D eigenvalue weighted by molar-refractivity contribution is 1.08. The number of para-hydroxylation sites is 1. The second kappa shape index (κ2) is 8.92. The summed E-state index contributed by atoms with van der Waals surface area (Å²) >= 11 is 7.09. The number of rotatable bonds is 4. The Balaban J connectivity index is 1.95. The van der Waals surface area contributed by atoms with E-state index >= 15 is 0 Å². The van der Waals surface area contributed by atoms with E-state index in [1.54, 1.807) is 0 Å². The first-order valence-electron chi connectivity index (χ1n) is 8.80. The lowest BCUT2D eigenvalue weighted by Crippen LogP contribution is -2.35. The first kappa shape index (κ1) is 19.9. The summed E-state index contributed by atoms with van der Waals surface area (Å²) in [5.74, 6) is 0. The van der Waals surface area contributed by atoms with E-state index in [9.17, 15) is 0 Å². The molecule has 0 amide bonds. The molecule has 3 rings (SSSR count). The van der Waals surface area contributed by atoms with Gasteiger partial charge in [-0.15, -0.1) is 5.54 Å². The van der Waals surface area contributed by atoms with Crippen LogP contribution < -0.4 is 5.32 Å². The third-order valence-corrected chi connectivity index (χ3v) is 8.43. The Morgan fingerprint density at radius 3 is 1.70 bits per heavy atom. The lowest BCUT2D eigenvalue weighted by Gasteiger charge is -2.29. The number of halogens is 2. The fraction of sp³-hybridized carbons (Fsp3) is 0.130. The fourth-order valence-electron chi connectivity index (χ4n) is 3.19. The van der Waals surface area contributed by atoms with Gasteiger partial charge in [-0.2, -0.15) is 0 Å². The van der Waals surface area contributed by atoms with Crippen molar-refractivity contribution in [1.29, 1.82) is 0 Å². The normalized spacial score (nSPS) is 11.0. The zero-order valence-electron chi connectivity index (χ0n) is 15.3. The summed E-state index contributed by atoms with van der Waals surface area (Å²) in [5, 5.41) is 3.24. The quantitative estimate of drug-likeness (QED) is 0.227. The Bertz CT molecular complexity index is 894. The number of anilines is 1. The van der Waals surface area contributed by atoms with Gasteiger partial charge in [-0.05, 0) is 47.5 Å². The Labute approximate surface area is 179 Å². The highest BCUT2D eigenvalue weighted by Gasteiger charge is 2.33. The summed E-state index contributed by atoms with van der Waals surface area (Å²) in [5.41, 5.74) is 7.53. The molecule has 0 radical (unpaired) electrons. The summed E-state index contributed by atoms with van der Waals surface area (Å²) in [6.45, 7) is 4.67. The summed E-state index contributed by atoms with van der Waals surface area (Å²) in [6.07, 6.45) is 0. The van der Waals surface area contributed by atoms with Crippen LogP contribution in [0.5, 0.6) is 0 Å². The molecule has 4 heteroatoms. The van der Waals surface area contributed by atoms with Crippen molar-refractivity contribution in [2.75, 3.05) is 5.32 Å². The molecule has 0 heterocycles. The van der Waals surface area contributed by atoms with Crippen molar-refractivity contribution >= 4 is 45.6 Å². The van der Waals surface area contributed by atoms with Gasteiger partial charge < -0.3 is 5.32 Å². The second-order valence-electron chi connectivity index (χ2n) is 7.00. The molecule has 0 aliphatic carbocycles. The summed E-state index contributed by atoms with van der Waals surface area (Å²) in [7, 11) is -1.96. The van der Waals surface area contributed by atoms with Crippen LogP contribution in [0.2, 0.25) is 13.1 Å². The van der Waals surface area contributed by atoms with Gasteiger partial charge in [0.05, 0.1) is 0 Å². The molecule has 0 saturated carbocycles. The topological polar surface area (TPSA) is 12.0 Å². The van der Waals surface area contributed by atoms with Gasteiger partial charge in [0.1, 0.15) is 8.07 Å². The third-order valence-electron chi connectivity index (χ3n) is 4.49. The van der Waals surface area contributed by atoms with Crippen molar-refractivity contribution in [2.24, 2.45) is 0 Å². The van der Waals surface area contributed by atoms with Gasteiger partial charge in [-0.3, -0.25) is 0 Å². The van der Waals surface area contributed by atoms with Crippen molar-refractivity contribution in [2.45, 2.75) is 18.6 Å². The molecule has 27 heavy (non-hydrogen) atoms. The monoisotopic (exact) mass is 497 g/mol. The highest BCUT2D eigenvalue weighted by Crippen LogP contribution is 2.34. The smallest absolute Gasteiger partial charge is 0.146 e. The van der Waals surface area contributed by atoms with E-state index < -0.39 is 8.07 Å². The van der Waals surface area contributed by atoms with Gasteiger partial charge in [0.15, 0.2) is 0 Å². The minimum atomic E-state index is -1.96. The Kier molecular flexibility index (Phi) is 6.59. The first-order valence-corrected chi connectivity index (χ1v) is 13.5. The van der Waals surface area contributed by atoms with Crippen LogP contribution in [-0.2, 0) is 0 Å². The molecule has 3 aromatic rings. The molecule has 0 fully saturated rings. The van der Waals surface area contributed by atoms with Crippen LogP contribution >= 0.6 is 31.9 Å². The summed E-state index contributed by atoms with van der Waals surface area (Å²) in [4.78, 5) is 0. The molecule has 0 atom stereocenters. The predicted octanol–water partition coefficient (Wildman–Crippen LogP) is 7.20. The van der Waals surface area contributed by atoms with E-state index in [0.717, 1.165) is 14.6 Å². The van der Waals surface area contributed by atoms with E-state index in [1.807, 2.05) is 30.3 Å². The van der Waals surface area contributed by atoms with E-state index in [4.69, 9.17) is 0 Å². The molecule has 0 aliphatic heterocycles. The third kappa shape index (κ3) is 5.35. The molecule has 0 aliphatic rings. The van der Waals surface area contributed by atoms with Crippen LogP contribution in [0.1, 0.15) is 16.7 Å². The van der Waals surface area contributed by atoms with Crippen molar-refractivity contribution < 1.29 is 0 Å². The molecule has 0 saturated heterocycles. The summed E-state index contributed by atoms with van der Waals surface area (Å²) in [6, 6.07) is 30.6. The SMILES string of the molecule is C[Si](C)(C#CNc1ccccc1)C(c1ccc(Br)cc1)c1ccc(Br)cc1. The van der Waals surface area contributed by atoms with E-state index in [0.29, 0.717) is 5.54 Å². The lowest BCUT2D eigenvalue weighted by atomic mass is 10.0. The Morgan fingerprint density at radius 2 is 1.22 bits per heavy atom. The highest BCUT2D eigenvalue weighted by molar-refractivity contribution is 9.10. The van der Waals surface area contributed by atoms with Gasteiger partial charge in [-0.1, -0.05) is 87.4 Å². The highest BCUT2D eigenvalue weighted by atomic mass is 79.9. The van der Waals surface area contributed by atoms with Crippen LogP contribution in [0.4, 0.5) is 5.69 Å². The van der Waals surface area contributed by atoms with Crippen LogP contribution in [-0.4, -0.2) is 8.07 Å². The minimum absolute atomic E-state index is 0.295. The Morgan fingerprint density at radius 1 is 0.741 bits per heavy atom. The van der Waals surface area contributed by atoms with Crippen LogP contribution in [0.3, 0.4) is 0 Å². The molecule has 0 aromatic heterocycles. The van der Waals surface area contributed by atoms with Crippen LogP contribution in [0.25, 0.3) is 0 Å². The second-order valence-corrected chi connectivity index (χ2v) is 13.1. The zero-order chi connectivity index (χ0) is 19.3. The van der Waals surface area contributed by atoms with Gasteiger partial charge in [0.2, 0.25) is 0 Å². The largest absolute Gasteiger partial charge is 0.315 e. The maximum absolute atomic E-state index is 3.59. The van der Waals surface area contributed by atoms with Crippen molar-refractivity contribution in [3.8, 4) is 11.6 Å². The molecule has 3 aromatic carbocycles. The van der Waals surface area contributed by atoms with E-state index in [-0.39, 0.29) is 0 Å². The van der Waals surface area contributed by atoms with Crippen molar-refractivity contribution in [3.63, 3.8) is 0 Å². The maximum atomic E-state index is 3.59. The van der Waals surface area contributed by atoms with Crippen LogP contribution in [0, 0.1) is 11.6 Å². The zero-order valence-corrected chi connectivity index (χ0v) is 19.5. The van der Waals surface area contributed by atoms with Crippen LogP contribution in [0.15, 0.2) is 87.8 Å². The van der Waals surface area contributed by atoms with E-state index in [1.165, 1.54) is 11.1 Å². The standard InChI is InChI=1S/C23H21Br2NSi/c1-27(2,17-16-26-22-6-4-3-5-7-22)23(18-8-12-20(24)13-9-18)19-10-14-21(25)15-11-19/h3-15,23,26H,1-2H3. The number of hydrogen-bond donors (Lipinski definition) is 1. The molecular formula is C23H21Br2NSi.